The third-order valence-electron chi connectivity index (χ3n) is 1.66. The zero-order valence-corrected chi connectivity index (χ0v) is 9.07. The van der Waals surface area contributed by atoms with Crippen LogP contribution in [0.5, 0.6) is 0 Å². The van der Waals surface area contributed by atoms with Crippen LogP contribution in [0, 0.1) is 0 Å². The van der Waals surface area contributed by atoms with Crippen LogP contribution in [-0.4, -0.2) is 11.1 Å². The van der Waals surface area contributed by atoms with E-state index in [1.54, 1.807) is 0 Å². The Morgan fingerprint density at radius 1 is 1.29 bits per heavy atom. The zero-order valence-electron chi connectivity index (χ0n) is 6.80. The molecule has 0 heterocycles. The topological polar surface area (TPSA) is 63.3 Å². The number of hydrogen-bond donors (Lipinski definition) is 2. The number of carboxylic acid groups (broad SMARTS) is 1. The first-order chi connectivity index (χ1) is 6.45. The summed E-state index contributed by atoms with van der Waals surface area (Å²) in [6.45, 7) is 0. The highest BCUT2D eigenvalue weighted by molar-refractivity contribution is 6.44. The molecule has 14 heavy (non-hydrogen) atoms. The number of hydrogen-bond acceptors (Lipinski definition) is 2. The highest BCUT2D eigenvalue weighted by Crippen LogP contribution is 2.34. The smallest absolute Gasteiger partial charge is 0.325 e. The van der Waals surface area contributed by atoms with Gasteiger partial charge in [0.15, 0.2) is 0 Å². The van der Waals surface area contributed by atoms with E-state index >= 15 is 0 Å². The Labute approximate surface area is 95.4 Å². The molecular formula is C8H6Cl3NO2. The lowest BCUT2D eigenvalue weighted by atomic mass is 10.1. The average Bonchev–Trinajstić information content (AvgIpc) is 2.12. The van der Waals surface area contributed by atoms with Gasteiger partial charge < -0.3 is 10.8 Å². The van der Waals surface area contributed by atoms with Crippen molar-refractivity contribution in [1.82, 2.24) is 0 Å². The number of carboxylic acids is 1. The molecule has 1 aromatic carbocycles. The molecular weight excluding hydrogens is 248 g/mol. The molecule has 0 spiro atoms. The first kappa shape index (κ1) is 11.6. The molecule has 0 fully saturated rings. The van der Waals surface area contributed by atoms with E-state index in [1.165, 1.54) is 12.1 Å². The molecule has 3 nitrogen and oxygen atoms in total. The molecule has 0 aliphatic rings. The number of rotatable bonds is 2. The molecule has 0 aliphatic heterocycles. The van der Waals surface area contributed by atoms with Gasteiger partial charge in [0.2, 0.25) is 0 Å². The molecule has 0 bridgehead atoms. The van der Waals surface area contributed by atoms with E-state index in [0.717, 1.165) is 0 Å². The second-order valence-electron chi connectivity index (χ2n) is 2.57. The fraction of sp³-hybridized carbons (Fsp3) is 0.125. The van der Waals surface area contributed by atoms with E-state index < -0.39 is 12.0 Å². The summed E-state index contributed by atoms with van der Waals surface area (Å²) in [5, 5.41) is 9.18. The molecule has 0 saturated heterocycles. The Kier molecular flexibility index (Phi) is 3.61. The molecule has 0 radical (unpaired) electrons. The van der Waals surface area contributed by atoms with Gasteiger partial charge in [-0.15, -0.1) is 0 Å². The second kappa shape index (κ2) is 4.36. The van der Waals surface area contributed by atoms with Gasteiger partial charge in [-0.25, -0.2) is 0 Å². The molecule has 1 aromatic rings. The van der Waals surface area contributed by atoms with Crippen molar-refractivity contribution in [1.29, 1.82) is 0 Å². The maximum absolute atomic E-state index is 10.6. The molecule has 1 rings (SSSR count). The van der Waals surface area contributed by atoms with Gasteiger partial charge in [0, 0.05) is 10.6 Å². The van der Waals surface area contributed by atoms with Crippen molar-refractivity contribution >= 4 is 40.8 Å². The van der Waals surface area contributed by atoms with Crippen molar-refractivity contribution in [2.45, 2.75) is 6.04 Å². The van der Waals surface area contributed by atoms with E-state index in [4.69, 9.17) is 45.6 Å². The summed E-state index contributed by atoms with van der Waals surface area (Å²) in [4.78, 5) is 10.6. The van der Waals surface area contributed by atoms with Gasteiger partial charge >= 0.3 is 5.97 Å². The number of halogens is 3. The molecule has 0 unspecified atom stereocenters. The van der Waals surface area contributed by atoms with Gasteiger partial charge in [-0.3, -0.25) is 4.79 Å². The standard InChI is InChI=1S/C8H6Cl3NO2/c9-3-1-2-4(10)6(11)5(3)7(12)8(13)14/h1-2,7H,12H2,(H,13,14)/t7-/m0/s1. The molecule has 1 atom stereocenters. The van der Waals surface area contributed by atoms with E-state index in [1.807, 2.05) is 0 Å². The van der Waals surface area contributed by atoms with Crippen LogP contribution in [0.2, 0.25) is 15.1 Å². The van der Waals surface area contributed by atoms with Crippen molar-refractivity contribution in [2.24, 2.45) is 5.73 Å². The predicted molar refractivity (Wildman–Crippen MR) is 56.0 cm³/mol. The van der Waals surface area contributed by atoms with Crippen molar-refractivity contribution in [3.8, 4) is 0 Å². The van der Waals surface area contributed by atoms with Crippen LogP contribution in [0.15, 0.2) is 12.1 Å². The lowest BCUT2D eigenvalue weighted by molar-refractivity contribution is -0.138. The Bertz CT molecular complexity index is 381. The molecule has 6 heteroatoms. The molecule has 0 aromatic heterocycles. The van der Waals surface area contributed by atoms with E-state index in [2.05, 4.69) is 0 Å². The zero-order chi connectivity index (χ0) is 10.9. The van der Waals surface area contributed by atoms with Gasteiger partial charge in [-0.1, -0.05) is 34.8 Å². The van der Waals surface area contributed by atoms with Crippen LogP contribution >= 0.6 is 34.8 Å². The van der Waals surface area contributed by atoms with Gasteiger partial charge in [-0.05, 0) is 12.1 Å². The van der Waals surface area contributed by atoms with Crippen LogP contribution in [0.3, 0.4) is 0 Å². The lowest BCUT2D eigenvalue weighted by Gasteiger charge is -2.11. The largest absolute Gasteiger partial charge is 0.480 e. The minimum absolute atomic E-state index is 0.0778. The Morgan fingerprint density at radius 3 is 2.29 bits per heavy atom. The molecule has 0 saturated carbocycles. The van der Waals surface area contributed by atoms with Crippen LogP contribution in [0.1, 0.15) is 11.6 Å². The summed E-state index contributed by atoms with van der Waals surface area (Å²) in [6, 6.07) is 1.66. The summed E-state index contributed by atoms with van der Waals surface area (Å²) in [7, 11) is 0. The second-order valence-corrected chi connectivity index (χ2v) is 3.77. The summed E-state index contributed by atoms with van der Waals surface area (Å²) >= 11 is 17.2. The maximum atomic E-state index is 10.6. The van der Waals surface area contributed by atoms with Crippen molar-refractivity contribution in [3.63, 3.8) is 0 Å². The van der Waals surface area contributed by atoms with Crippen molar-refractivity contribution in [3.05, 3.63) is 32.8 Å². The third kappa shape index (κ3) is 2.12. The fourth-order valence-electron chi connectivity index (χ4n) is 0.951. The first-order valence-electron chi connectivity index (χ1n) is 3.57. The van der Waals surface area contributed by atoms with Crippen molar-refractivity contribution in [2.75, 3.05) is 0 Å². The Hall–Kier alpha value is -0.480. The number of aliphatic carboxylic acids is 1. The highest BCUT2D eigenvalue weighted by atomic mass is 35.5. The Balaban J connectivity index is 3.32. The van der Waals surface area contributed by atoms with Gasteiger partial charge in [0.1, 0.15) is 6.04 Å². The van der Waals surface area contributed by atoms with Gasteiger partial charge in [-0.2, -0.15) is 0 Å². The molecule has 76 valence electrons. The Morgan fingerprint density at radius 2 is 1.79 bits per heavy atom. The van der Waals surface area contributed by atoms with E-state index in [9.17, 15) is 4.79 Å². The minimum atomic E-state index is -1.27. The van der Waals surface area contributed by atoms with E-state index in [-0.39, 0.29) is 20.6 Å². The molecule has 0 aliphatic carbocycles. The fourth-order valence-corrected chi connectivity index (χ4v) is 1.72. The summed E-state index contributed by atoms with van der Waals surface area (Å²) < 4.78 is 0. The van der Waals surface area contributed by atoms with Gasteiger partial charge in [0.05, 0.1) is 10.0 Å². The van der Waals surface area contributed by atoms with Crippen LogP contribution < -0.4 is 5.73 Å². The number of benzene rings is 1. The van der Waals surface area contributed by atoms with Crippen molar-refractivity contribution < 1.29 is 9.90 Å². The van der Waals surface area contributed by atoms with Gasteiger partial charge in [0.25, 0.3) is 0 Å². The summed E-state index contributed by atoms with van der Waals surface area (Å²) in [5.41, 5.74) is 5.51. The summed E-state index contributed by atoms with van der Waals surface area (Å²) in [6.07, 6.45) is 0. The molecule has 3 N–H and O–H groups in total. The quantitative estimate of drug-likeness (QED) is 0.798. The first-order valence-corrected chi connectivity index (χ1v) is 4.70. The minimum Gasteiger partial charge on any atom is -0.480 e. The van der Waals surface area contributed by atoms with Crippen LogP contribution in [-0.2, 0) is 4.79 Å². The maximum Gasteiger partial charge on any atom is 0.325 e. The third-order valence-corrected chi connectivity index (χ3v) is 2.80. The van der Waals surface area contributed by atoms with Crippen LogP contribution in [0.4, 0.5) is 0 Å². The SMILES string of the molecule is N[C@H](C(=O)O)c1c(Cl)ccc(Cl)c1Cl. The predicted octanol–water partition coefficient (Wildman–Crippen LogP) is 2.73. The average molecular weight is 254 g/mol. The monoisotopic (exact) mass is 253 g/mol. The summed E-state index contributed by atoms with van der Waals surface area (Å²) in [5.74, 6) is -1.21. The van der Waals surface area contributed by atoms with Crippen LogP contribution in [0.25, 0.3) is 0 Å². The lowest BCUT2D eigenvalue weighted by Crippen LogP contribution is -2.21. The number of carbonyl (C=O) groups is 1. The molecule has 0 amide bonds. The van der Waals surface area contributed by atoms with E-state index in [0.29, 0.717) is 0 Å². The highest BCUT2D eigenvalue weighted by Gasteiger charge is 2.22. The number of nitrogens with two attached hydrogens (primary N) is 1. The normalized spacial score (nSPS) is 12.6.